The van der Waals surface area contributed by atoms with E-state index in [1.807, 2.05) is 50.2 Å². The Balaban J connectivity index is 2.26. The largest absolute Gasteiger partial charge is 0.321 e. The van der Waals surface area contributed by atoms with Gasteiger partial charge in [0.2, 0.25) is 0 Å². The van der Waals surface area contributed by atoms with Gasteiger partial charge in [0.1, 0.15) is 0 Å². The number of amides is 1. The van der Waals surface area contributed by atoms with Crippen LogP contribution in [0.15, 0.2) is 42.5 Å². The lowest BCUT2D eigenvalue weighted by molar-refractivity contribution is 0.102. The molecule has 0 aliphatic heterocycles. The first-order valence-corrected chi connectivity index (χ1v) is 6.58. The van der Waals surface area contributed by atoms with E-state index in [4.69, 9.17) is 0 Å². The van der Waals surface area contributed by atoms with Gasteiger partial charge in [-0.2, -0.15) is 0 Å². The summed E-state index contributed by atoms with van der Waals surface area (Å²) in [5, 5.41) is 3.03. The van der Waals surface area contributed by atoms with Crippen LogP contribution in [0.25, 0.3) is 0 Å². The zero-order valence-corrected chi connectivity index (χ0v) is 11.7. The minimum Gasteiger partial charge on any atom is -0.321 e. The maximum atomic E-state index is 12.2. The number of carbonyl (C=O) groups is 1. The molecule has 2 nitrogen and oxygen atoms in total. The predicted molar refractivity (Wildman–Crippen MR) is 79.7 cm³/mol. The third kappa shape index (κ3) is 3.02. The number of rotatable bonds is 3. The van der Waals surface area contributed by atoms with Crippen LogP contribution in [0.3, 0.4) is 0 Å². The summed E-state index contributed by atoms with van der Waals surface area (Å²) in [5.74, 6) is -0.0519. The first kappa shape index (κ1) is 13.3. The van der Waals surface area contributed by atoms with Gasteiger partial charge in [-0.15, -0.1) is 0 Å². The highest BCUT2D eigenvalue weighted by molar-refractivity contribution is 6.05. The Morgan fingerprint density at radius 2 is 1.74 bits per heavy atom. The van der Waals surface area contributed by atoms with E-state index in [-0.39, 0.29) is 5.91 Å². The molecule has 98 valence electrons. The molecule has 1 amide bonds. The zero-order chi connectivity index (χ0) is 13.8. The summed E-state index contributed by atoms with van der Waals surface area (Å²) in [6, 6.07) is 13.7. The molecular weight excluding hydrogens is 234 g/mol. The molecule has 0 saturated heterocycles. The fraction of sp³-hybridized carbons (Fsp3) is 0.235. The molecular formula is C17H19NO. The first-order chi connectivity index (χ1) is 9.11. The number of nitrogens with one attached hydrogen (secondary N) is 1. The Labute approximate surface area is 114 Å². The van der Waals surface area contributed by atoms with Crippen LogP contribution in [0.4, 0.5) is 5.69 Å². The lowest BCUT2D eigenvalue weighted by atomic mass is 10.1. The van der Waals surface area contributed by atoms with Crippen LogP contribution in [0, 0.1) is 13.8 Å². The fourth-order valence-electron chi connectivity index (χ4n) is 2.09. The molecule has 0 aliphatic carbocycles. The smallest absolute Gasteiger partial charge is 0.255 e. The molecule has 0 fully saturated rings. The molecule has 0 heterocycles. The van der Waals surface area contributed by atoms with Crippen molar-refractivity contribution in [2.45, 2.75) is 27.2 Å². The van der Waals surface area contributed by atoms with E-state index < -0.39 is 0 Å². The van der Waals surface area contributed by atoms with Crippen LogP contribution in [0.2, 0.25) is 0 Å². The molecule has 0 unspecified atom stereocenters. The van der Waals surface area contributed by atoms with Gasteiger partial charge in [-0.25, -0.2) is 0 Å². The van der Waals surface area contributed by atoms with E-state index in [2.05, 4.69) is 18.3 Å². The van der Waals surface area contributed by atoms with Crippen LogP contribution < -0.4 is 5.32 Å². The first-order valence-electron chi connectivity index (χ1n) is 6.58. The highest BCUT2D eigenvalue weighted by Gasteiger charge is 2.10. The molecule has 0 aliphatic rings. The second-order valence-corrected chi connectivity index (χ2v) is 4.78. The van der Waals surface area contributed by atoms with Gasteiger partial charge < -0.3 is 5.32 Å². The van der Waals surface area contributed by atoms with Gasteiger partial charge in [0.25, 0.3) is 5.91 Å². The average Bonchev–Trinajstić information content (AvgIpc) is 2.41. The molecule has 2 aromatic rings. The zero-order valence-electron chi connectivity index (χ0n) is 11.7. The van der Waals surface area contributed by atoms with Crippen molar-refractivity contribution in [2.24, 2.45) is 0 Å². The quantitative estimate of drug-likeness (QED) is 0.876. The van der Waals surface area contributed by atoms with Gasteiger partial charge in [0, 0.05) is 11.3 Å². The van der Waals surface area contributed by atoms with Crippen LogP contribution in [-0.2, 0) is 6.42 Å². The minimum absolute atomic E-state index is 0.0519. The number of hydrogen-bond acceptors (Lipinski definition) is 1. The van der Waals surface area contributed by atoms with Crippen molar-refractivity contribution in [2.75, 3.05) is 5.32 Å². The van der Waals surface area contributed by atoms with Crippen molar-refractivity contribution >= 4 is 11.6 Å². The second-order valence-electron chi connectivity index (χ2n) is 4.78. The van der Waals surface area contributed by atoms with Crippen LogP contribution >= 0.6 is 0 Å². The minimum atomic E-state index is -0.0519. The Morgan fingerprint density at radius 1 is 1.05 bits per heavy atom. The molecule has 1 N–H and O–H groups in total. The van der Waals surface area contributed by atoms with Crippen molar-refractivity contribution < 1.29 is 4.79 Å². The maximum absolute atomic E-state index is 12.2. The number of para-hydroxylation sites is 1. The molecule has 0 radical (unpaired) electrons. The van der Waals surface area contributed by atoms with Gasteiger partial charge >= 0.3 is 0 Å². The van der Waals surface area contributed by atoms with Crippen molar-refractivity contribution in [1.82, 2.24) is 0 Å². The third-order valence-corrected chi connectivity index (χ3v) is 3.29. The molecule has 0 aromatic heterocycles. The number of anilines is 1. The normalized spacial score (nSPS) is 10.3. The summed E-state index contributed by atoms with van der Waals surface area (Å²) in [4.78, 5) is 12.2. The number of aryl methyl sites for hydroxylation is 3. The highest BCUT2D eigenvalue weighted by Crippen LogP contribution is 2.21. The molecule has 0 bridgehead atoms. The Bertz CT molecular complexity index is 585. The molecule has 0 saturated carbocycles. The summed E-state index contributed by atoms with van der Waals surface area (Å²) in [6.45, 7) is 6.12. The van der Waals surface area contributed by atoms with Crippen LogP contribution in [0.1, 0.15) is 34.0 Å². The summed E-state index contributed by atoms with van der Waals surface area (Å²) in [6.07, 6.45) is 0.908. The Morgan fingerprint density at radius 3 is 2.37 bits per heavy atom. The van der Waals surface area contributed by atoms with Crippen LogP contribution in [-0.4, -0.2) is 5.91 Å². The third-order valence-electron chi connectivity index (χ3n) is 3.29. The predicted octanol–water partition coefficient (Wildman–Crippen LogP) is 4.12. The van der Waals surface area contributed by atoms with Gasteiger partial charge in [-0.05, 0) is 43.5 Å². The summed E-state index contributed by atoms with van der Waals surface area (Å²) < 4.78 is 0. The van der Waals surface area contributed by atoms with Gasteiger partial charge in [0.05, 0.1) is 0 Å². The number of hydrogen-bond donors (Lipinski definition) is 1. The van der Waals surface area contributed by atoms with E-state index in [9.17, 15) is 4.79 Å². The summed E-state index contributed by atoms with van der Waals surface area (Å²) in [5.41, 5.74) is 5.05. The monoisotopic (exact) mass is 253 g/mol. The Hall–Kier alpha value is -2.09. The van der Waals surface area contributed by atoms with Crippen molar-refractivity contribution in [1.29, 1.82) is 0 Å². The van der Waals surface area contributed by atoms with E-state index in [0.29, 0.717) is 5.56 Å². The van der Waals surface area contributed by atoms with E-state index >= 15 is 0 Å². The van der Waals surface area contributed by atoms with Gasteiger partial charge in [-0.1, -0.05) is 42.8 Å². The lowest BCUT2D eigenvalue weighted by Gasteiger charge is -2.13. The fourth-order valence-corrected chi connectivity index (χ4v) is 2.09. The number of benzene rings is 2. The SMILES string of the molecule is CCc1cccc(C)c1NC(=O)c1ccc(C)cc1. The van der Waals surface area contributed by atoms with E-state index in [1.54, 1.807) is 0 Å². The average molecular weight is 253 g/mol. The van der Waals surface area contributed by atoms with Crippen molar-refractivity contribution in [3.63, 3.8) is 0 Å². The van der Waals surface area contributed by atoms with Gasteiger partial charge in [0.15, 0.2) is 0 Å². The van der Waals surface area contributed by atoms with Gasteiger partial charge in [-0.3, -0.25) is 4.79 Å². The summed E-state index contributed by atoms with van der Waals surface area (Å²) in [7, 11) is 0. The molecule has 2 heteroatoms. The van der Waals surface area contributed by atoms with Crippen molar-refractivity contribution in [3.05, 3.63) is 64.7 Å². The Kier molecular flexibility index (Phi) is 4.00. The molecule has 0 atom stereocenters. The topological polar surface area (TPSA) is 29.1 Å². The van der Waals surface area contributed by atoms with Crippen LogP contribution in [0.5, 0.6) is 0 Å². The molecule has 19 heavy (non-hydrogen) atoms. The molecule has 2 rings (SSSR count). The highest BCUT2D eigenvalue weighted by atomic mass is 16.1. The maximum Gasteiger partial charge on any atom is 0.255 e. The molecule has 2 aromatic carbocycles. The summed E-state index contributed by atoms with van der Waals surface area (Å²) >= 11 is 0. The lowest BCUT2D eigenvalue weighted by Crippen LogP contribution is -2.14. The molecule has 0 spiro atoms. The second kappa shape index (κ2) is 5.70. The van der Waals surface area contributed by atoms with Crippen molar-refractivity contribution in [3.8, 4) is 0 Å². The standard InChI is InChI=1S/C17H19NO/c1-4-14-7-5-6-13(3)16(14)18-17(19)15-10-8-12(2)9-11-15/h5-11H,4H2,1-3H3,(H,18,19). The van der Waals surface area contributed by atoms with E-state index in [0.717, 1.165) is 23.2 Å². The number of carbonyl (C=O) groups excluding carboxylic acids is 1. The van der Waals surface area contributed by atoms with E-state index in [1.165, 1.54) is 5.56 Å².